The van der Waals surface area contributed by atoms with Crippen LogP contribution in [-0.2, 0) is 9.36 Å². The molecule has 0 saturated carbocycles. The fraction of sp³-hybridized carbons (Fsp3) is 0.800. The van der Waals surface area contributed by atoms with Crippen LogP contribution in [0.25, 0.3) is 0 Å². The zero-order valence-corrected chi connectivity index (χ0v) is 7.44. The Hall–Kier alpha value is -0.420. The predicted molar refractivity (Wildman–Crippen MR) is 41.7 cm³/mol. The minimum absolute atomic E-state index is 0.500. The molecule has 0 aromatic rings. The van der Waals surface area contributed by atoms with Crippen LogP contribution in [0.15, 0.2) is 0 Å². The Labute approximate surface area is 69.5 Å². The van der Waals surface area contributed by atoms with E-state index in [1.165, 1.54) is 6.92 Å². The molecular formula is C5H12NO5P. The highest BCUT2D eigenvalue weighted by Crippen LogP contribution is 2.37. The molecule has 0 heterocycles. The van der Waals surface area contributed by atoms with Crippen LogP contribution in [0.3, 0.4) is 0 Å². The van der Waals surface area contributed by atoms with E-state index in [0.717, 1.165) is 0 Å². The van der Waals surface area contributed by atoms with Gasteiger partial charge in [0.05, 0.1) is 6.16 Å². The van der Waals surface area contributed by atoms with Gasteiger partial charge in [-0.1, -0.05) is 6.92 Å². The molecule has 12 heavy (non-hydrogen) atoms. The Morgan fingerprint density at radius 1 is 1.58 bits per heavy atom. The van der Waals surface area contributed by atoms with Gasteiger partial charge in [0.1, 0.15) is 6.04 Å². The lowest BCUT2D eigenvalue weighted by atomic mass is 10.1. The SMILES string of the molecule is C[C@H](CP(=O)(O)O)[C@@H](N)C(=O)O. The summed E-state index contributed by atoms with van der Waals surface area (Å²) < 4.78 is 10.4. The van der Waals surface area contributed by atoms with E-state index in [-0.39, 0.29) is 0 Å². The first-order valence-corrected chi connectivity index (χ1v) is 5.07. The number of aliphatic carboxylic acids is 1. The summed E-state index contributed by atoms with van der Waals surface area (Å²) in [7, 11) is -4.16. The van der Waals surface area contributed by atoms with Crippen LogP contribution in [0.5, 0.6) is 0 Å². The highest BCUT2D eigenvalue weighted by molar-refractivity contribution is 7.51. The minimum Gasteiger partial charge on any atom is -0.480 e. The lowest BCUT2D eigenvalue weighted by molar-refractivity contribution is -0.139. The van der Waals surface area contributed by atoms with Gasteiger partial charge in [-0.2, -0.15) is 0 Å². The second-order valence-corrected chi connectivity index (χ2v) is 4.38. The Morgan fingerprint density at radius 3 is 2.25 bits per heavy atom. The molecule has 7 heteroatoms. The van der Waals surface area contributed by atoms with Crippen LogP contribution in [0.2, 0.25) is 0 Å². The van der Waals surface area contributed by atoms with Gasteiger partial charge in [-0.15, -0.1) is 0 Å². The number of hydrogen-bond donors (Lipinski definition) is 4. The van der Waals surface area contributed by atoms with Gasteiger partial charge in [0.15, 0.2) is 0 Å². The van der Waals surface area contributed by atoms with Gasteiger partial charge in [-0.05, 0) is 5.92 Å². The molecule has 0 aliphatic heterocycles. The van der Waals surface area contributed by atoms with Crippen molar-refractivity contribution >= 4 is 13.6 Å². The largest absolute Gasteiger partial charge is 0.480 e. The number of carboxylic acid groups (broad SMARTS) is 1. The van der Waals surface area contributed by atoms with Crippen molar-refractivity contribution in [3.8, 4) is 0 Å². The van der Waals surface area contributed by atoms with Crippen molar-refractivity contribution in [3.63, 3.8) is 0 Å². The molecule has 0 aromatic heterocycles. The lowest BCUT2D eigenvalue weighted by Crippen LogP contribution is -2.38. The van der Waals surface area contributed by atoms with E-state index in [4.69, 9.17) is 20.6 Å². The predicted octanol–water partition coefficient (Wildman–Crippen LogP) is -0.788. The average Bonchev–Trinajstić information content (AvgIpc) is 1.82. The topological polar surface area (TPSA) is 121 Å². The Balaban J connectivity index is 4.13. The molecule has 0 aromatic carbocycles. The average molecular weight is 197 g/mol. The summed E-state index contributed by atoms with van der Waals surface area (Å²) >= 11 is 0. The van der Waals surface area contributed by atoms with E-state index in [1.54, 1.807) is 0 Å². The van der Waals surface area contributed by atoms with Gasteiger partial charge in [0.25, 0.3) is 0 Å². The van der Waals surface area contributed by atoms with Gasteiger partial charge in [0, 0.05) is 0 Å². The van der Waals surface area contributed by atoms with Crippen molar-refractivity contribution in [2.24, 2.45) is 11.7 Å². The molecule has 72 valence electrons. The van der Waals surface area contributed by atoms with Crippen LogP contribution < -0.4 is 5.73 Å². The molecule has 0 amide bonds. The number of carbonyl (C=O) groups is 1. The number of hydrogen-bond acceptors (Lipinski definition) is 3. The Bertz CT molecular complexity index is 212. The first-order valence-electron chi connectivity index (χ1n) is 3.27. The van der Waals surface area contributed by atoms with E-state index in [2.05, 4.69) is 0 Å². The number of rotatable bonds is 4. The third kappa shape index (κ3) is 4.46. The third-order valence-electron chi connectivity index (χ3n) is 1.42. The van der Waals surface area contributed by atoms with Crippen LogP contribution in [0, 0.1) is 5.92 Å². The maximum absolute atomic E-state index is 10.4. The third-order valence-corrected chi connectivity index (χ3v) is 2.48. The molecule has 6 nitrogen and oxygen atoms in total. The van der Waals surface area contributed by atoms with E-state index in [9.17, 15) is 9.36 Å². The molecule has 0 saturated heterocycles. The molecule has 0 fully saturated rings. The summed E-state index contributed by atoms with van der Waals surface area (Å²) in [6, 6.07) is -1.22. The van der Waals surface area contributed by atoms with Gasteiger partial charge in [-0.3, -0.25) is 9.36 Å². The summed E-state index contributed by atoms with van der Waals surface area (Å²) in [4.78, 5) is 27.2. The van der Waals surface area contributed by atoms with Crippen molar-refractivity contribution in [2.75, 3.05) is 6.16 Å². The summed E-state index contributed by atoms with van der Waals surface area (Å²) in [5.41, 5.74) is 5.12. The van der Waals surface area contributed by atoms with Crippen molar-refractivity contribution in [1.29, 1.82) is 0 Å². The maximum Gasteiger partial charge on any atom is 0.325 e. The zero-order valence-electron chi connectivity index (χ0n) is 6.54. The standard InChI is InChI=1S/C5H12NO5P/c1-3(2-12(9,10)11)4(6)5(7)8/h3-4H,2,6H2,1H3,(H,7,8)(H2,9,10,11)/t3-,4-/m1/s1. The summed E-state index contributed by atoms with van der Waals surface area (Å²) in [6.07, 6.45) is -0.500. The molecule has 0 rings (SSSR count). The van der Waals surface area contributed by atoms with Crippen molar-refractivity contribution in [1.82, 2.24) is 0 Å². The van der Waals surface area contributed by atoms with Gasteiger partial charge < -0.3 is 20.6 Å². The number of carboxylic acids is 1. The second kappa shape index (κ2) is 4.00. The van der Waals surface area contributed by atoms with Gasteiger partial charge in [-0.25, -0.2) is 0 Å². The van der Waals surface area contributed by atoms with E-state index in [0.29, 0.717) is 0 Å². The van der Waals surface area contributed by atoms with Crippen molar-refractivity contribution in [2.45, 2.75) is 13.0 Å². The van der Waals surface area contributed by atoms with E-state index >= 15 is 0 Å². The molecule has 0 radical (unpaired) electrons. The molecule has 0 bridgehead atoms. The van der Waals surface area contributed by atoms with Gasteiger partial charge in [0.2, 0.25) is 0 Å². The molecule has 0 aliphatic rings. The summed E-state index contributed by atoms with van der Waals surface area (Å²) in [6.45, 7) is 1.39. The van der Waals surface area contributed by atoms with E-state index < -0.39 is 31.7 Å². The molecule has 0 unspecified atom stereocenters. The van der Waals surface area contributed by atoms with Gasteiger partial charge >= 0.3 is 13.6 Å². The fourth-order valence-corrected chi connectivity index (χ4v) is 1.71. The molecule has 5 N–H and O–H groups in total. The first kappa shape index (κ1) is 11.6. The second-order valence-electron chi connectivity index (χ2n) is 2.69. The Kier molecular flexibility index (Phi) is 3.86. The minimum atomic E-state index is -4.16. The van der Waals surface area contributed by atoms with Crippen LogP contribution >= 0.6 is 7.60 Å². The summed E-state index contributed by atoms with van der Waals surface area (Å²) in [5, 5.41) is 8.37. The maximum atomic E-state index is 10.4. The van der Waals surface area contributed by atoms with Crippen molar-refractivity contribution in [3.05, 3.63) is 0 Å². The molecule has 0 aliphatic carbocycles. The van der Waals surface area contributed by atoms with E-state index in [1.807, 2.05) is 0 Å². The number of nitrogens with two attached hydrogens (primary N) is 1. The molecule has 0 spiro atoms. The molecular weight excluding hydrogens is 185 g/mol. The summed E-state index contributed by atoms with van der Waals surface area (Å²) in [5.74, 6) is -1.99. The smallest absolute Gasteiger partial charge is 0.325 e. The highest BCUT2D eigenvalue weighted by Gasteiger charge is 2.26. The molecule has 2 atom stereocenters. The van der Waals surface area contributed by atoms with Crippen LogP contribution in [0.1, 0.15) is 6.92 Å². The monoisotopic (exact) mass is 197 g/mol. The quantitative estimate of drug-likeness (QED) is 0.438. The lowest BCUT2D eigenvalue weighted by Gasteiger charge is -2.15. The Morgan fingerprint density at radius 2 is 2.00 bits per heavy atom. The fourth-order valence-electron chi connectivity index (χ4n) is 0.732. The first-order chi connectivity index (χ1) is 5.24. The van der Waals surface area contributed by atoms with Crippen LogP contribution in [-0.4, -0.2) is 33.1 Å². The van der Waals surface area contributed by atoms with Crippen LogP contribution in [0.4, 0.5) is 0 Å². The highest BCUT2D eigenvalue weighted by atomic mass is 31.2. The zero-order chi connectivity index (χ0) is 9.94. The van der Waals surface area contributed by atoms with Crippen molar-refractivity contribution < 1.29 is 24.3 Å². The normalized spacial score (nSPS) is 17.0.